The van der Waals surface area contributed by atoms with E-state index in [0.717, 1.165) is 12.0 Å². The van der Waals surface area contributed by atoms with E-state index in [-0.39, 0.29) is 6.61 Å². The van der Waals surface area contributed by atoms with Gasteiger partial charge in [-0.1, -0.05) is 24.2 Å². The Morgan fingerprint density at radius 2 is 2.10 bits per heavy atom. The van der Waals surface area contributed by atoms with Crippen LogP contribution in [-0.2, 0) is 19.4 Å². The Morgan fingerprint density at radius 3 is 2.76 bits per heavy atom. The Balaban J connectivity index is 2.15. The number of ether oxygens (including phenoxy) is 2. The second-order valence-electron chi connectivity index (χ2n) is 4.46. The van der Waals surface area contributed by atoms with Gasteiger partial charge in [0.15, 0.2) is 18.1 Å². The molecule has 1 aromatic heterocycles. The van der Waals surface area contributed by atoms with Crippen LogP contribution in [0.25, 0.3) is 0 Å². The van der Waals surface area contributed by atoms with Crippen molar-refractivity contribution >= 4 is 0 Å². The van der Waals surface area contributed by atoms with Crippen molar-refractivity contribution in [3.05, 3.63) is 35.5 Å². The first-order valence-electron chi connectivity index (χ1n) is 7.17. The maximum Gasteiger partial charge on any atom is 0.226 e. The van der Waals surface area contributed by atoms with Gasteiger partial charge in [-0.3, -0.25) is 0 Å². The second kappa shape index (κ2) is 7.64. The van der Waals surface area contributed by atoms with Gasteiger partial charge in [-0.25, -0.2) is 0 Å². The van der Waals surface area contributed by atoms with Gasteiger partial charge < -0.3 is 19.7 Å². The molecule has 0 aliphatic heterocycles. The summed E-state index contributed by atoms with van der Waals surface area (Å²) >= 11 is 0. The summed E-state index contributed by atoms with van der Waals surface area (Å²) in [6, 6.07) is 5.80. The lowest BCUT2D eigenvalue weighted by Crippen LogP contribution is -2.07. The van der Waals surface area contributed by atoms with Gasteiger partial charge in [0.05, 0.1) is 6.61 Å². The Hall–Kier alpha value is -2.08. The van der Waals surface area contributed by atoms with Crippen LogP contribution >= 0.6 is 0 Å². The van der Waals surface area contributed by atoms with E-state index in [9.17, 15) is 0 Å². The summed E-state index contributed by atoms with van der Waals surface area (Å²) < 4.78 is 16.5. The fraction of sp³-hybridized carbons (Fsp3) is 0.467. The van der Waals surface area contributed by atoms with Gasteiger partial charge in [-0.2, -0.15) is 4.98 Å². The molecule has 0 radical (unpaired) electrons. The zero-order chi connectivity index (χ0) is 15.1. The van der Waals surface area contributed by atoms with Crippen LogP contribution in [-0.4, -0.2) is 23.3 Å². The van der Waals surface area contributed by atoms with E-state index in [1.54, 1.807) is 0 Å². The molecule has 0 spiro atoms. The number of aryl methyl sites for hydroxylation is 1. The first-order chi connectivity index (χ1) is 10.3. The third-order valence-corrected chi connectivity index (χ3v) is 2.93. The van der Waals surface area contributed by atoms with Crippen molar-refractivity contribution < 1.29 is 14.0 Å². The molecule has 21 heavy (non-hydrogen) atoms. The van der Waals surface area contributed by atoms with Crippen molar-refractivity contribution in [3.8, 4) is 11.5 Å². The van der Waals surface area contributed by atoms with Gasteiger partial charge >= 0.3 is 0 Å². The zero-order valence-corrected chi connectivity index (χ0v) is 12.5. The number of hydrogen-bond acceptors (Lipinski definition) is 6. The van der Waals surface area contributed by atoms with E-state index >= 15 is 0 Å². The molecule has 6 heteroatoms. The molecular weight excluding hydrogens is 270 g/mol. The molecule has 0 unspecified atom stereocenters. The molecule has 6 nitrogen and oxygen atoms in total. The number of rotatable bonds is 8. The molecule has 0 bridgehead atoms. The summed E-state index contributed by atoms with van der Waals surface area (Å²) in [7, 11) is 0. The molecular formula is C15H21N3O3. The average molecular weight is 291 g/mol. The van der Waals surface area contributed by atoms with Crippen molar-refractivity contribution in [1.29, 1.82) is 0 Å². The van der Waals surface area contributed by atoms with Crippen LogP contribution in [0.1, 0.15) is 31.1 Å². The van der Waals surface area contributed by atoms with Crippen molar-refractivity contribution in [2.24, 2.45) is 5.73 Å². The van der Waals surface area contributed by atoms with Crippen LogP contribution in [0.15, 0.2) is 22.7 Å². The van der Waals surface area contributed by atoms with Crippen molar-refractivity contribution in [2.75, 3.05) is 13.2 Å². The van der Waals surface area contributed by atoms with E-state index < -0.39 is 0 Å². The molecule has 2 aromatic rings. The topological polar surface area (TPSA) is 83.4 Å². The summed E-state index contributed by atoms with van der Waals surface area (Å²) in [5, 5.41) is 3.88. The van der Waals surface area contributed by atoms with Crippen LogP contribution in [0.5, 0.6) is 11.5 Å². The lowest BCUT2D eigenvalue weighted by atomic mass is 10.1. The Labute approximate surface area is 124 Å². The standard InChI is InChI=1S/C15H21N3O3/c1-3-14-17-13(18-21-14)10-20-15-11(8-9-16)6-5-7-12(15)19-4-2/h5-7H,3-4,8-10,16H2,1-2H3. The molecule has 0 fully saturated rings. The van der Waals surface area contributed by atoms with Gasteiger partial charge in [-0.15, -0.1) is 0 Å². The Bertz CT molecular complexity index is 545. The highest BCUT2D eigenvalue weighted by atomic mass is 16.5. The smallest absolute Gasteiger partial charge is 0.226 e. The van der Waals surface area contributed by atoms with E-state index in [1.807, 2.05) is 32.0 Å². The first-order valence-corrected chi connectivity index (χ1v) is 7.17. The lowest BCUT2D eigenvalue weighted by Gasteiger charge is -2.14. The lowest BCUT2D eigenvalue weighted by molar-refractivity contribution is 0.255. The van der Waals surface area contributed by atoms with Crippen molar-refractivity contribution in [3.63, 3.8) is 0 Å². The molecule has 0 aliphatic rings. The quantitative estimate of drug-likeness (QED) is 0.802. The van der Waals surface area contributed by atoms with Crippen LogP contribution in [0.3, 0.4) is 0 Å². The predicted octanol–water partition coefficient (Wildman–Crippen LogP) is 2.11. The zero-order valence-electron chi connectivity index (χ0n) is 12.5. The highest BCUT2D eigenvalue weighted by Gasteiger charge is 2.13. The van der Waals surface area contributed by atoms with Crippen LogP contribution in [0, 0.1) is 0 Å². The third kappa shape index (κ3) is 3.95. The van der Waals surface area contributed by atoms with E-state index in [0.29, 0.717) is 42.8 Å². The van der Waals surface area contributed by atoms with Crippen molar-refractivity contribution in [1.82, 2.24) is 10.1 Å². The fourth-order valence-corrected chi connectivity index (χ4v) is 1.98. The molecule has 2 N–H and O–H groups in total. The van der Waals surface area contributed by atoms with E-state index in [1.165, 1.54) is 0 Å². The minimum Gasteiger partial charge on any atom is -0.490 e. The van der Waals surface area contributed by atoms with E-state index in [4.69, 9.17) is 19.7 Å². The van der Waals surface area contributed by atoms with Gasteiger partial charge in [0.1, 0.15) is 0 Å². The molecule has 0 amide bonds. The number of para-hydroxylation sites is 1. The number of benzene rings is 1. The molecule has 0 atom stereocenters. The molecule has 114 valence electrons. The SMILES string of the molecule is CCOc1cccc(CCN)c1OCc1noc(CC)n1. The number of nitrogens with zero attached hydrogens (tertiary/aromatic N) is 2. The maximum atomic E-state index is 5.85. The highest BCUT2D eigenvalue weighted by Crippen LogP contribution is 2.32. The minimum atomic E-state index is 0.241. The minimum absolute atomic E-state index is 0.241. The number of nitrogens with two attached hydrogens (primary N) is 1. The monoisotopic (exact) mass is 291 g/mol. The van der Waals surface area contributed by atoms with Gasteiger partial charge in [0.25, 0.3) is 0 Å². The van der Waals surface area contributed by atoms with E-state index in [2.05, 4.69) is 10.1 Å². The summed E-state index contributed by atoms with van der Waals surface area (Å²) in [4.78, 5) is 4.23. The summed E-state index contributed by atoms with van der Waals surface area (Å²) in [6.07, 6.45) is 1.43. The number of aromatic nitrogens is 2. The molecule has 0 saturated heterocycles. The normalized spacial score (nSPS) is 10.6. The molecule has 1 heterocycles. The third-order valence-electron chi connectivity index (χ3n) is 2.93. The molecule has 1 aromatic carbocycles. The summed E-state index contributed by atoms with van der Waals surface area (Å²) in [5.41, 5.74) is 6.66. The summed E-state index contributed by atoms with van der Waals surface area (Å²) in [5.74, 6) is 2.54. The van der Waals surface area contributed by atoms with Crippen LogP contribution in [0.4, 0.5) is 0 Å². The van der Waals surface area contributed by atoms with Gasteiger partial charge in [0.2, 0.25) is 11.7 Å². The molecule has 2 rings (SSSR count). The Kier molecular flexibility index (Phi) is 5.57. The number of hydrogen-bond donors (Lipinski definition) is 1. The highest BCUT2D eigenvalue weighted by molar-refractivity contribution is 5.46. The summed E-state index contributed by atoms with van der Waals surface area (Å²) in [6.45, 7) is 5.26. The predicted molar refractivity (Wildman–Crippen MR) is 78.4 cm³/mol. The van der Waals surface area contributed by atoms with Crippen LogP contribution in [0.2, 0.25) is 0 Å². The average Bonchev–Trinajstić information content (AvgIpc) is 2.95. The largest absolute Gasteiger partial charge is 0.490 e. The van der Waals surface area contributed by atoms with Gasteiger partial charge in [0, 0.05) is 6.42 Å². The van der Waals surface area contributed by atoms with Crippen molar-refractivity contribution in [2.45, 2.75) is 33.3 Å². The molecule has 0 aliphatic carbocycles. The second-order valence-corrected chi connectivity index (χ2v) is 4.46. The molecule has 0 saturated carbocycles. The Morgan fingerprint density at radius 1 is 1.24 bits per heavy atom. The van der Waals surface area contributed by atoms with Crippen LogP contribution < -0.4 is 15.2 Å². The maximum absolute atomic E-state index is 5.85. The fourth-order valence-electron chi connectivity index (χ4n) is 1.98. The van der Waals surface area contributed by atoms with Gasteiger partial charge in [-0.05, 0) is 31.5 Å². The first kappa shape index (κ1) is 15.3.